The van der Waals surface area contributed by atoms with Gasteiger partial charge in [0, 0.05) is 17.1 Å². The van der Waals surface area contributed by atoms with Gasteiger partial charge < -0.3 is 13.9 Å². The van der Waals surface area contributed by atoms with Crippen LogP contribution in [0.1, 0.15) is 11.5 Å². The number of para-hydroxylation sites is 1. The number of benzene rings is 1. The number of carbonyl (C=O) groups is 1. The highest BCUT2D eigenvalue weighted by Crippen LogP contribution is 2.26. The third kappa shape index (κ3) is 5.41. The molecule has 1 aromatic carbocycles. The molecule has 0 unspecified atom stereocenters. The van der Waals surface area contributed by atoms with Gasteiger partial charge in [-0.1, -0.05) is 23.9 Å². The van der Waals surface area contributed by atoms with Gasteiger partial charge in [0.15, 0.2) is 22.5 Å². The quantitative estimate of drug-likeness (QED) is 0.435. The van der Waals surface area contributed by atoms with Crippen LogP contribution in [0.5, 0.6) is 11.5 Å². The summed E-state index contributed by atoms with van der Waals surface area (Å²) in [5.74, 6) is -0.914. The van der Waals surface area contributed by atoms with E-state index in [1.54, 1.807) is 6.07 Å². The summed E-state index contributed by atoms with van der Waals surface area (Å²) < 4.78 is 29.6. The van der Waals surface area contributed by atoms with Crippen LogP contribution in [-0.4, -0.2) is 17.6 Å². The van der Waals surface area contributed by atoms with E-state index in [0.717, 1.165) is 16.3 Å². The standard InChI is InChI=1S/C18H14FNO5S2/c1-11-9-26-18(20-11)27-10-12-6-14(21)16(7-23-12)25-17(22)8-24-15-5-3-2-4-13(15)19/h2-7,9H,8,10H2,1H3. The minimum Gasteiger partial charge on any atom is -0.479 e. The summed E-state index contributed by atoms with van der Waals surface area (Å²) in [6, 6.07) is 6.92. The van der Waals surface area contributed by atoms with Gasteiger partial charge in [-0.2, -0.15) is 0 Å². The summed E-state index contributed by atoms with van der Waals surface area (Å²) in [6.07, 6.45) is 1.08. The molecule has 2 heterocycles. The Hall–Kier alpha value is -2.65. The maximum Gasteiger partial charge on any atom is 0.349 e. The fourth-order valence-corrected chi connectivity index (χ4v) is 3.71. The number of ether oxygens (including phenoxy) is 2. The Morgan fingerprint density at radius 1 is 1.33 bits per heavy atom. The highest BCUT2D eigenvalue weighted by molar-refractivity contribution is 8.00. The number of thioether (sulfide) groups is 1. The molecule has 0 atom stereocenters. The molecule has 0 fully saturated rings. The van der Waals surface area contributed by atoms with E-state index in [1.807, 2.05) is 12.3 Å². The lowest BCUT2D eigenvalue weighted by molar-refractivity contribution is -0.136. The first-order valence-corrected chi connectivity index (χ1v) is 9.62. The number of aromatic nitrogens is 1. The number of hydrogen-bond donors (Lipinski definition) is 0. The summed E-state index contributed by atoms with van der Waals surface area (Å²) in [5, 5.41) is 1.93. The van der Waals surface area contributed by atoms with Gasteiger partial charge >= 0.3 is 5.97 Å². The van der Waals surface area contributed by atoms with Crippen LogP contribution in [0, 0.1) is 12.7 Å². The predicted molar refractivity (Wildman–Crippen MR) is 98.9 cm³/mol. The number of esters is 1. The number of carbonyl (C=O) groups excluding carboxylic acids is 1. The van der Waals surface area contributed by atoms with Crippen molar-refractivity contribution < 1.29 is 23.1 Å². The van der Waals surface area contributed by atoms with Crippen molar-refractivity contribution in [1.29, 1.82) is 0 Å². The van der Waals surface area contributed by atoms with Crippen LogP contribution in [-0.2, 0) is 10.5 Å². The Bertz CT molecular complexity index is 1000. The van der Waals surface area contributed by atoms with Crippen molar-refractivity contribution in [2.45, 2.75) is 17.0 Å². The number of hydrogen-bond acceptors (Lipinski definition) is 8. The van der Waals surface area contributed by atoms with Gasteiger partial charge in [0.25, 0.3) is 0 Å². The molecule has 0 amide bonds. The topological polar surface area (TPSA) is 78.6 Å². The maximum absolute atomic E-state index is 13.4. The lowest BCUT2D eigenvalue weighted by Crippen LogP contribution is -2.21. The number of nitrogens with zero attached hydrogens (tertiary/aromatic N) is 1. The van der Waals surface area contributed by atoms with E-state index in [0.29, 0.717) is 11.5 Å². The molecule has 0 bridgehead atoms. The van der Waals surface area contributed by atoms with E-state index >= 15 is 0 Å². The molecule has 0 N–H and O–H groups in total. The van der Waals surface area contributed by atoms with Crippen molar-refractivity contribution in [2.75, 3.05) is 6.61 Å². The second-order valence-electron chi connectivity index (χ2n) is 5.31. The van der Waals surface area contributed by atoms with E-state index in [4.69, 9.17) is 13.9 Å². The van der Waals surface area contributed by atoms with Crippen LogP contribution in [0.25, 0.3) is 0 Å². The van der Waals surface area contributed by atoms with Gasteiger partial charge in [-0.05, 0) is 19.1 Å². The van der Waals surface area contributed by atoms with Crippen molar-refractivity contribution in [3.05, 3.63) is 69.5 Å². The zero-order chi connectivity index (χ0) is 19.2. The van der Waals surface area contributed by atoms with Gasteiger partial charge in [-0.15, -0.1) is 11.3 Å². The van der Waals surface area contributed by atoms with E-state index in [2.05, 4.69) is 4.98 Å². The van der Waals surface area contributed by atoms with Gasteiger partial charge in [0.05, 0.1) is 5.75 Å². The second kappa shape index (κ2) is 8.83. The summed E-state index contributed by atoms with van der Waals surface area (Å²) in [6.45, 7) is 1.36. The normalized spacial score (nSPS) is 10.6. The smallest absolute Gasteiger partial charge is 0.349 e. The SMILES string of the molecule is Cc1csc(SCc2cc(=O)c(OC(=O)COc3ccccc3F)co2)n1. The van der Waals surface area contributed by atoms with Crippen LogP contribution in [0.15, 0.2) is 55.5 Å². The van der Waals surface area contributed by atoms with Gasteiger partial charge in [0.2, 0.25) is 11.2 Å². The number of thiazole rings is 1. The second-order valence-corrected chi connectivity index (χ2v) is 7.39. The van der Waals surface area contributed by atoms with Gasteiger partial charge in [-0.25, -0.2) is 14.2 Å². The molecule has 0 aliphatic carbocycles. The monoisotopic (exact) mass is 407 g/mol. The number of halogens is 1. The summed E-state index contributed by atoms with van der Waals surface area (Å²) in [7, 11) is 0. The van der Waals surface area contributed by atoms with Crippen LogP contribution in [0.3, 0.4) is 0 Å². The molecule has 0 saturated heterocycles. The van der Waals surface area contributed by atoms with Crippen molar-refractivity contribution in [1.82, 2.24) is 4.98 Å². The molecule has 6 nitrogen and oxygen atoms in total. The van der Waals surface area contributed by atoms with Crippen molar-refractivity contribution >= 4 is 29.1 Å². The molecule has 2 aromatic heterocycles. The molecule has 9 heteroatoms. The molecule has 0 saturated carbocycles. The zero-order valence-corrected chi connectivity index (χ0v) is 15.8. The molecule has 27 heavy (non-hydrogen) atoms. The fraction of sp³-hybridized carbons (Fsp3) is 0.167. The van der Waals surface area contributed by atoms with E-state index in [9.17, 15) is 14.0 Å². The van der Waals surface area contributed by atoms with E-state index in [1.165, 1.54) is 47.4 Å². The predicted octanol–water partition coefficient (Wildman–Crippen LogP) is 3.82. The first kappa shape index (κ1) is 19.1. The zero-order valence-electron chi connectivity index (χ0n) is 14.1. The molecule has 3 rings (SSSR count). The fourth-order valence-electron chi connectivity index (χ4n) is 1.97. The highest BCUT2D eigenvalue weighted by Gasteiger charge is 2.13. The minimum absolute atomic E-state index is 0.0775. The van der Waals surface area contributed by atoms with Crippen molar-refractivity contribution in [3.8, 4) is 11.5 Å². The molecule has 3 aromatic rings. The van der Waals surface area contributed by atoms with Crippen LogP contribution < -0.4 is 14.9 Å². The summed E-state index contributed by atoms with van der Waals surface area (Å²) in [5.41, 5.74) is 0.440. The molecular weight excluding hydrogens is 393 g/mol. The largest absolute Gasteiger partial charge is 0.479 e. The van der Waals surface area contributed by atoms with Crippen LogP contribution in [0.4, 0.5) is 4.39 Å². The highest BCUT2D eigenvalue weighted by atomic mass is 32.2. The Morgan fingerprint density at radius 3 is 2.85 bits per heavy atom. The first-order valence-electron chi connectivity index (χ1n) is 7.76. The van der Waals surface area contributed by atoms with Crippen LogP contribution >= 0.6 is 23.1 Å². The summed E-state index contributed by atoms with van der Waals surface area (Å²) >= 11 is 2.95. The molecule has 0 aliphatic heterocycles. The number of rotatable bonds is 7. The van der Waals surface area contributed by atoms with Gasteiger partial charge in [0.1, 0.15) is 12.0 Å². The third-order valence-electron chi connectivity index (χ3n) is 3.19. The van der Waals surface area contributed by atoms with Crippen LogP contribution in [0.2, 0.25) is 0 Å². The number of aryl methyl sites for hydroxylation is 1. The third-order valence-corrected chi connectivity index (χ3v) is 5.36. The Kier molecular flexibility index (Phi) is 6.25. The van der Waals surface area contributed by atoms with Gasteiger partial charge in [-0.3, -0.25) is 4.79 Å². The Labute approximate surface area is 162 Å². The summed E-state index contributed by atoms with van der Waals surface area (Å²) in [4.78, 5) is 28.2. The molecule has 0 radical (unpaired) electrons. The van der Waals surface area contributed by atoms with Crippen molar-refractivity contribution in [3.63, 3.8) is 0 Å². The van der Waals surface area contributed by atoms with Crippen molar-refractivity contribution in [2.24, 2.45) is 0 Å². The lowest BCUT2D eigenvalue weighted by Gasteiger charge is -2.07. The van der Waals surface area contributed by atoms with E-state index in [-0.39, 0.29) is 11.5 Å². The molecular formula is C18H14FNO5S2. The lowest BCUT2D eigenvalue weighted by atomic mass is 10.3. The molecule has 0 aliphatic rings. The molecule has 140 valence electrons. The average molecular weight is 407 g/mol. The van der Waals surface area contributed by atoms with E-state index < -0.39 is 23.8 Å². The first-order chi connectivity index (χ1) is 13.0. The Morgan fingerprint density at radius 2 is 2.15 bits per heavy atom. The molecule has 0 spiro atoms. The average Bonchev–Trinajstić information content (AvgIpc) is 3.07. The Balaban J connectivity index is 1.54. The maximum atomic E-state index is 13.4. The minimum atomic E-state index is -0.842.